The third kappa shape index (κ3) is 7.15. The van der Waals surface area contributed by atoms with E-state index in [1.54, 1.807) is 24.3 Å². The number of sulfonamides is 1. The maximum Gasteiger partial charge on any atom is 0.244 e. The van der Waals surface area contributed by atoms with Crippen molar-refractivity contribution in [2.75, 3.05) is 17.1 Å². The summed E-state index contributed by atoms with van der Waals surface area (Å²) in [5, 5.41) is 4.66. The van der Waals surface area contributed by atoms with Crippen molar-refractivity contribution in [1.82, 2.24) is 10.2 Å². The Bertz CT molecular complexity index is 1400. The van der Waals surface area contributed by atoms with Crippen molar-refractivity contribution in [3.8, 4) is 0 Å². The van der Waals surface area contributed by atoms with Crippen LogP contribution in [0.1, 0.15) is 51.0 Å². The number of hydrogen-bond donors (Lipinski definition) is 1. The van der Waals surface area contributed by atoms with E-state index in [-0.39, 0.29) is 18.5 Å². The molecule has 9 heteroatoms. The number of benzene rings is 3. The molecule has 1 atom stereocenters. The van der Waals surface area contributed by atoms with Crippen LogP contribution in [0, 0.1) is 5.82 Å². The van der Waals surface area contributed by atoms with Crippen molar-refractivity contribution >= 4 is 38.3 Å². The van der Waals surface area contributed by atoms with E-state index < -0.39 is 34.3 Å². The third-order valence-electron chi connectivity index (χ3n) is 7.32. The number of hydrogen-bond acceptors (Lipinski definition) is 4. The molecule has 2 amide bonds. The second-order valence-electron chi connectivity index (χ2n) is 10.2. The highest BCUT2D eigenvalue weighted by Gasteiger charge is 2.33. The zero-order valence-corrected chi connectivity index (χ0v) is 23.3. The minimum Gasteiger partial charge on any atom is -0.352 e. The number of anilines is 1. The summed E-state index contributed by atoms with van der Waals surface area (Å²) in [4.78, 5) is 28.8. The van der Waals surface area contributed by atoms with Crippen LogP contribution in [0.2, 0.25) is 0 Å². The lowest BCUT2D eigenvalue weighted by Crippen LogP contribution is -2.54. The SMILES string of the molecule is CCC(C(=O)NC1CCCCC1)N(Cc1ccc(F)cc1)C(=O)CN(c1cccc2ccccc12)S(C)(=O)=O. The smallest absolute Gasteiger partial charge is 0.244 e. The van der Waals surface area contributed by atoms with Gasteiger partial charge in [-0.25, -0.2) is 12.8 Å². The molecule has 0 heterocycles. The molecule has 0 spiro atoms. The lowest BCUT2D eigenvalue weighted by molar-refractivity contribution is -0.140. The van der Waals surface area contributed by atoms with Gasteiger partial charge in [0.1, 0.15) is 18.4 Å². The second kappa shape index (κ2) is 12.6. The van der Waals surface area contributed by atoms with Crippen LogP contribution in [0.25, 0.3) is 10.8 Å². The highest BCUT2D eigenvalue weighted by Crippen LogP contribution is 2.29. The Morgan fingerprint density at radius 2 is 1.64 bits per heavy atom. The first-order valence-electron chi connectivity index (χ1n) is 13.5. The predicted octanol–water partition coefficient (Wildman–Crippen LogP) is 5.00. The van der Waals surface area contributed by atoms with Crippen LogP contribution in [0.4, 0.5) is 10.1 Å². The van der Waals surface area contributed by atoms with Crippen LogP contribution in [0.5, 0.6) is 0 Å². The number of rotatable bonds is 10. The van der Waals surface area contributed by atoms with Gasteiger partial charge >= 0.3 is 0 Å². The first-order valence-corrected chi connectivity index (χ1v) is 15.3. The molecule has 7 nitrogen and oxygen atoms in total. The Morgan fingerprint density at radius 1 is 0.974 bits per heavy atom. The van der Waals surface area contributed by atoms with Gasteiger partial charge < -0.3 is 10.2 Å². The zero-order valence-electron chi connectivity index (χ0n) is 22.5. The zero-order chi connectivity index (χ0) is 28.0. The van der Waals surface area contributed by atoms with E-state index in [0.717, 1.165) is 48.1 Å². The van der Waals surface area contributed by atoms with E-state index in [1.807, 2.05) is 37.3 Å². The summed E-state index contributed by atoms with van der Waals surface area (Å²) in [7, 11) is -3.86. The van der Waals surface area contributed by atoms with Crippen LogP contribution in [0.3, 0.4) is 0 Å². The average Bonchev–Trinajstić information content (AvgIpc) is 2.92. The summed E-state index contributed by atoms with van der Waals surface area (Å²) in [6.07, 6.45) is 6.46. The molecule has 1 aliphatic carbocycles. The number of nitrogens with one attached hydrogen (secondary N) is 1. The minimum atomic E-state index is -3.86. The molecular weight excluding hydrogens is 517 g/mol. The molecule has 208 valence electrons. The van der Waals surface area contributed by atoms with E-state index in [9.17, 15) is 22.4 Å². The summed E-state index contributed by atoms with van der Waals surface area (Å²) in [5.74, 6) is -1.17. The minimum absolute atomic E-state index is 0.0445. The normalized spacial score (nSPS) is 15.1. The molecule has 1 aliphatic rings. The van der Waals surface area contributed by atoms with Gasteiger partial charge in [0.15, 0.2) is 0 Å². The summed E-state index contributed by atoms with van der Waals surface area (Å²) in [6, 6.07) is 17.7. The van der Waals surface area contributed by atoms with Crippen LogP contribution in [0.15, 0.2) is 66.7 Å². The molecule has 3 aromatic carbocycles. The fourth-order valence-corrected chi connectivity index (χ4v) is 6.13. The van der Waals surface area contributed by atoms with E-state index in [0.29, 0.717) is 23.1 Å². The predicted molar refractivity (Wildman–Crippen MR) is 152 cm³/mol. The molecule has 1 unspecified atom stereocenters. The topological polar surface area (TPSA) is 86.8 Å². The van der Waals surface area contributed by atoms with Crippen molar-refractivity contribution in [2.24, 2.45) is 0 Å². The molecule has 1 N–H and O–H groups in total. The number of carbonyl (C=O) groups excluding carboxylic acids is 2. The highest BCUT2D eigenvalue weighted by molar-refractivity contribution is 7.92. The Labute approximate surface area is 230 Å². The molecule has 0 aliphatic heterocycles. The molecule has 0 saturated heterocycles. The standard InChI is InChI=1S/C30H36FN3O4S/c1-3-27(30(36)32-25-12-5-4-6-13-25)33(20-22-16-18-24(31)19-17-22)29(35)21-34(39(2,37)38)28-15-9-11-23-10-7-8-14-26(23)28/h7-11,14-19,25,27H,3-6,12-13,20-21H2,1-2H3,(H,32,36). The monoisotopic (exact) mass is 553 g/mol. The Kier molecular flexibility index (Phi) is 9.22. The van der Waals surface area contributed by atoms with Gasteiger partial charge in [-0.05, 0) is 48.4 Å². The Balaban J connectivity index is 1.67. The van der Waals surface area contributed by atoms with Gasteiger partial charge in [0.2, 0.25) is 21.8 Å². The van der Waals surface area contributed by atoms with Crippen LogP contribution >= 0.6 is 0 Å². The molecule has 0 aromatic heterocycles. The van der Waals surface area contributed by atoms with E-state index in [2.05, 4.69) is 5.32 Å². The summed E-state index contributed by atoms with van der Waals surface area (Å²) in [6.45, 7) is 1.40. The number of amides is 2. The second-order valence-corrected chi connectivity index (χ2v) is 12.1. The Hall–Kier alpha value is -3.46. The van der Waals surface area contributed by atoms with Gasteiger partial charge in [0, 0.05) is 18.0 Å². The number of carbonyl (C=O) groups is 2. The maximum atomic E-state index is 13.9. The number of halogens is 1. The van der Waals surface area contributed by atoms with Gasteiger partial charge in [-0.1, -0.05) is 74.7 Å². The summed E-state index contributed by atoms with van der Waals surface area (Å²) < 4.78 is 40.7. The third-order valence-corrected chi connectivity index (χ3v) is 8.44. The maximum absolute atomic E-state index is 13.9. The van der Waals surface area contributed by atoms with Gasteiger partial charge in [0.05, 0.1) is 11.9 Å². The van der Waals surface area contributed by atoms with Gasteiger partial charge in [-0.2, -0.15) is 0 Å². The van der Waals surface area contributed by atoms with Crippen LogP contribution in [-0.2, 0) is 26.2 Å². The molecule has 39 heavy (non-hydrogen) atoms. The fourth-order valence-electron chi connectivity index (χ4n) is 5.27. The van der Waals surface area contributed by atoms with E-state index >= 15 is 0 Å². The van der Waals surface area contributed by atoms with E-state index in [1.165, 1.54) is 17.0 Å². The first-order chi connectivity index (χ1) is 18.7. The van der Waals surface area contributed by atoms with Gasteiger partial charge in [-0.3, -0.25) is 13.9 Å². The summed E-state index contributed by atoms with van der Waals surface area (Å²) >= 11 is 0. The average molecular weight is 554 g/mol. The highest BCUT2D eigenvalue weighted by atomic mass is 32.2. The molecule has 0 bridgehead atoms. The van der Waals surface area contributed by atoms with Gasteiger partial charge in [0.25, 0.3) is 0 Å². The molecule has 0 radical (unpaired) electrons. The van der Waals surface area contributed by atoms with Crippen molar-refractivity contribution < 1.29 is 22.4 Å². The largest absolute Gasteiger partial charge is 0.352 e. The van der Waals surface area contributed by atoms with Crippen molar-refractivity contribution in [3.63, 3.8) is 0 Å². The number of nitrogens with zero attached hydrogens (tertiary/aromatic N) is 2. The van der Waals surface area contributed by atoms with E-state index in [4.69, 9.17) is 0 Å². The quantitative estimate of drug-likeness (QED) is 0.383. The molecule has 3 aromatic rings. The van der Waals surface area contributed by atoms with Crippen LogP contribution in [-0.4, -0.2) is 50.0 Å². The molecule has 1 fully saturated rings. The lowest BCUT2D eigenvalue weighted by Gasteiger charge is -2.34. The molecule has 4 rings (SSSR count). The summed E-state index contributed by atoms with van der Waals surface area (Å²) in [5.41, 5.74) is 1.04. The van der Waals surface area contributed by atoms with Crippen LogP contribution < -0.4 is 9.62 Å². The fraction of sp³-hybridized carbons (Fsp3) is 0.400. The number of fused-ring (bicyclic) bond motifs is 1. The molecular formula is C30H36FN3O4S. The Morgan fingerprint density at radius 3 is 2.31 bits per heavy atom. The van der Waals surface area contributed by atoms with Crippen molar-refractivity contribution in [1.29, 1.82) is 0 Å². The first kappa shape index (κ1) is 28.5. The lowest BCUT2D eigenvalue weighted by atomic mass is 9.95. The molecule has 1 saturated carbocycles. The van der Waals surface area contributed by atoms with Crippen molar-refractivity contribution in [2.45, 2.75) is 64.1 Å². The van der Waals surface area contributed by atoms with Crippen molar-refractivity contribution in [3.05, 3.63) is 78.1 Å². The van der Waals surface area contributed by atoms with Gasteiger partial charge in [-0.15, -0.1) is 0 Å².